The summed E-state index contributed by atoms with van der Waals surface area (Å²) in [5, 5.41) is 0. The zero-order chi connectivity index (χ0) is 13.9. The molecule has 0 amide bonds. The normalized spacial score (nSPS) is 10.9. The molecule has 3 nitrogen and oxygen atoms in total. The van der Waals surface area contributed by atoms with Crippen LogP contribution in [0.3, 0.4) is 0 Å². The maximum Gasteiger partial charge on any atom is 0.213 e. The number of halogens is 1. The maximum absolute atomic E-state index is 5.15. The van der Waals surface area contributed by atoms with Gasteiger partial charge in [0.1, 0.15) is 0 Å². The molecule has 2 heterocycles. The Hall–Kier alpha value is -1.81. The number of methoxy groups -OCH3 is 1. The summed E-state index contributed by atoms with van der Waals surface area (Å²) in [6, 6.07) is 14.3. The molecule has 102 valence electrons. The standard InChI is InChI=1S/C16H15BrN2O/c1-20-16-7-6-15-14(18-16)9-11-19(15)10-8-12-4-2-3-5-13(12)17/h2-7,9,11H,8,10H2,1H3. The van der Waals surface area contributed by atoms with Gasteiger partial charge in [-0.2, -0.15) is 0 Å². The lowest BCUT2D eigenvalue weighted by Crippen LogP contribution is -2.00. The first kappa shape index (κ1) is 13.2. The van der Waals surface area contributed by atoms with Gasteiger partial charge in [-0.25, -0.2) is 4.98 Å². The van der Waals surface area contributed by atoms with E-state index in [2.05, 4.69) is 55.9 Å². The molecule has 0 fully saturated rings. The summed E-state index contributed by atoms with van der Waals surface area (Å²) in [7, 11) is 1.64. The first-order valence-corrected chi connectivity index (χ1v) is 7.30. The molecule has 0 saturated carbocycles. The number of fused-ring (bicyclic) bond motifs is 1. The minimum atomic E-state index is 0.654. The van der Waals surface area contributed by atoms with Crippen LogP contribution >= 0.6 is 15.9 Å². The maximum atomic E-state index is 5.15. The third-order valence-corrected chi connectivity index (χ3v) is 4.16. The molecule has 0 bridgehead atoms. The van der Waals surface area contributed by atoms with Crippen LogP contribution in [-0.4, -0.2) is 16.7 Å². The van der Waals surface area contributed by atoms with Crippen LogP contribution in [-0.2, 0) is 13.0 Å². The summed E-state index contributed by atoms with van der Waals surface area (Å²) in [4.78, 5) is 4.43. The van der Waals surface area contributed by atoms with Crippen molar-refractivity contribution in [2.24, 2.45) is 0 Å². The topological polar surface area (TPSA) is 27.1 Å². The molecule has 0 N–H and O–H groups in total. The van der Waals surface area contributed by atoms with E-state index >= 15 is 0 Å². The van der Waals surface area contributed by atoms with E-state index < -0.39 is 0 Å². The molecular formula is C16H15BrN2O. The van der Waals surface area contributed by atoms with Crippen LogP contribution in [0.4, 0.5) is 0 Å². The lowest BCUT2D eigenvalue weighted by Gasteiger charge is -2.07. The molecule has 0 aliphatic heterocycles. The molecule has 0 unspecified atom stereocenters. The Balaban J connectivity index is 1.83. The van der Waals surface area contributed by atoms with Gasteiger partial charge in [-0.15, -0.1) is 0 Å². The average molecular weight is 331 g/mol. The van der Waals surface area contributed by atoms with Crippen LogP contribution in [0, 0.1) is 0 Å². The molecule has 0 radical (unpaired) electrons. The van der Waals surface area contributed by atoms with Gasteiger partial charge >= 0.3 is 0 Å². The van der Waals surface area contributed by atoms with Crippen LogP contribution < -0.4 is 4.74 Å². The van der Waals surface area contributed by atoms with Crippen molar-refractivity contribution in [1.82, 2.24) is 9.55 Å². The first-order chi connectivity index (χ1) is 9.78. The molecule has 0 aliphatic rings. The van der Waals surface area contributed by atoms with Gasteiger partial charge in [0.05, 0.1) is 18.1 Å². The van der Waals surface area contributed by atoms with Crippen molar-refractivity contribution in [3.05, 3.63) is 58.7 Å². The van der Waals surface area contributed by atoms with Crippen LogP contribution in [0.5, 0.6) is 5.88 Å². The second-order valence-electron chi connectivity index (χ2n) is 4.61. The summed E-state index contributed by atoms with van der Waals surface area (Å²) in [6.07, 6.45) is 3.06. The molecule has 3 rings (SSSR count). The summed E-state index contributed by atoms with van der Waals surface area (Å²) in [5.41, 5.74) is 3.42. The Morgan fingerprint density at radius 1 is 1.15 bits per heavy atom. The third-order valence-electron chi connectivity index (χ3n) is 3.39. The van der Waals surface area contributed by atoms with Crippen molar-refractivity contribution >= 4 is 27.0 Å². The van der Waals surface area contributed by atoms with E-state index in [1.165, 1.54) is 5.56 Å². The second-order valence-corrected chi connectivity index (χ2v) is 5.46. The van der Waals surface area contributed by atoms with Gasteiger partial charge in [-0.1, -0.05) is 34.1 Å². The minimum absolute atomic E-state index is 0.654. The van der Waals surface area contributed by atoms with Gasteiger partial charge in [0.25, 0.3) is 0 Å². The van der Waals surface area contributed by atoms with E-state index in [4.69, 9.17) is 4.74 Å². The largest absolute Gasteiger partial charge is 0.481 e. The number of benzene rings is 1. The van der Waals surface area contributed by atoms with E-state index in [0.29, 0.717) is 5.88 Å². The molecule has 0 spiro atoms. The lowest BCUT2D eigenvalue weighted by atomic mass is 10.1. The fraction of sp³-hybridized carbons (Fsp3) is 0.188. The predicted molar refractivity (Wildman–Crippen MR) is 84.1 cm³/mol. The Morgan fingerprint density at radius 3 is 2.80 bits per heavy atom. The summed E-state index contributed by atoms with van der Waals surface area (Å²) >= 11 is 3.59. The number of rotatable bonds is 4. The monoisotopic (exact) mass is 330 g/mol. The van der Waals surface area contributed by atoms with Crippen LogP contribution in [0.25, 0.3) is 11.0 Å². The van der Waals surface area contributed by atoms with Gasteiger partial charge < -0.3 is 9.30 Å². The fourth-order valence-electron chi connectivity index (χ4n) is 2.31. The highest BCUT2D eigenvalue weighted by atomic mass is 79.9. The zero-order valence-electron chi connectivity index (χ0n) is 11.2. The van der Waals surface area contributed by atoms with Crippen molar-refractivity contribution in [3.8, 4) is 5.88 Å². The summed E-state index contributed by atoms with van der Waals surface area (Å²) in [6.45, 7) is 0.931. The van der Waals surface area contributed by atoms with Gasteiger partial charge in [-0.3, -0.25) is 0 Å². The van der Waals surface area contributed by atoms with Crippen molar-refractivity contribution in [3.63, 3.8) is 0 Å². The summed E-state index contributed by atoms with van der Waals surface area (Å²) < 4.78 is 8.54. The smallest absolute Gasteiger partial charge is 0.213 e. The molecule has 20 heavy (non-hydrogen) atoms. The van der Waals surface area contributed by atoms with Gasteiger partial charge in [0, 0.05) is 23.3 Å². The Morgan fingerprint density at radius 2 is 2.00 bits per heavy atom. The highest BCUT2D eigenvalue weighted by molar-refractivity contribution is 9.10. The number of hydrogen-bond donors (Lipinski definition) is 0. The number of aromatic nitrogens is 2. The van der Waals surface area contributed by atoms with Gasteiger partial charge in [0.2, 0.25) is 5.88 Å². The van der Waals surface area contributed by atoms with E-state index in [1.54, 1.807) is 7.11 Å². The summed E-state index contributed by atoms with van der Waals surface area (Å²) in [5.74, 6) is 0.654. The Kier molecular flexibility index (Phi) is 3.74. The van der Waals surface area contributed by atoms with E-state index in [-0.39, 0.29) is 0 Å². The number of ether oxygens (including phenoxy) is 1. The number of nitrogens with zero attached hydrogens (tertiary/aromatic N) is 2. The van der Waals surface area contributed by atoms with Crippen molar-refractivity contribution in [1.29, 1.82) is 0 Å². The van der Waals surface area contributed by atoms with Crippen molar-refractivity contribution in [2.45, 2.75) is 13.0 Å². The number of hydrogen-bond acceptors (Lipinski definition) is 2. The predicted octanol–water partition coefficient (Wildman–Crippen LogP) is 4.05. The lowest BCUT2D eigenvalue weighted by molar-refractivity contribution is 0.399. The van der Waals surface area contributed by atoms with Crippen molar-refractivity contribution in [2.75, 3.05) is 7.11 Å². The zero-order valence-corrected chi connectivity index (χ0v) is 12.8. The minimum Gasteiger partial charge on any atom is -0.481 e. The highest BCUT2D eigenvalue weighted by Crippen LogP contribution is 2.20. The van der Waals surface area contributed by atoms with Crippen LogP contribution in [0.1, 0.15) is 5.56 Å². The first-order valence-electron chi connectivity index (χ1n) is 6.51. The quantitative estimate of drug-likeness (QED) is 0.721. The fourth-order valence-corrected chi connectivity index (χ4v) is 2.79. The number of pyridine rings is 1. The van der Waals surface area contributed by atoms with E-state index in [1.807, 2.05) is 18.2 Å². The molecule has 1 aromatic carbocycles. The van der Waals surface area contributed by atoms with Crippen molar-refractivity contribution < 1.29 is 4.74 Å². The molecule has 0 aliphatic carbocycles. The molecule has 3 aromatic rings. The molecular weight excluding hydrogens is 316 g/mol. The molecule has 4 heteroatoms. The molecule has 0 atom stereocenters. The Labute approximate surface area is 126 Å². The van der Waals surface area contributed by atoms with E-state index in [0.717, 1.165) is 28.5 Å². The molecule has 2 aromatic heterocycles. The van der Waals surface area contributed by atoms with E-state index in [9.17, 15) is 0 Å². The molecule has 0 saturated heterocycles. The third kappa shape index (κ3) is 2.56. The number of aryl methyl sites for hydroxylation is 2. The average Bonchev–Trinajstić information content (AvgIpc) is 2.88. The SMILES string of the molecule is COc1ccc2c(ccn2CCc2ccccc2Br)n1. The van der Waals surface area contributed by atoms with Gasteiger partial charge in [0.15, 0.2) is 0 Å². The highest BCUT2D eigenvalue weighted by Gasteiger charge is 2.05. The second kappa shape index (κ2) is 5.67. The van der Waals surface area contributed by atoms with Gasteiger partial charge in [-0.05, 0) is 30.2 Å². The van der Waals surface area contributed by atoms with Crippen LogP contribution in [0.15, 0.2) is 53.1 Å². The van der Waals surface area contributed by atoms with Crippen LogP contribution in [0.2, 0.25) is 0 Å². The Bertz CT molecular complexity index is 736.